The first-order chi connectivity index (χ1) is 8.29. The number of hydrogen-bond donors (Lipinski definition) is 2. The fourth-order valence-electron chi connectivity index (χ4n) is 2.45. The lowest BCUT2D eigenvalue weighted by atomic mass is 9.87. The van der Waals surface area contributed by atoms with E-state index < -0.39 is 0 Å². The van der Waals surface area contributed by atoms with E-state index in [1.807, 2.05) is 0 Å². The van der Waals surface area contributed by atoms with Crippen LogP contribution in [-0.4, -0.2) is 17.3 Å². The van der Waals surface area contributed by atoms with Gasteiger partial charge in [-0.2, -0.15) is 0 Å². The summed E-state index contributed by atoms with van der Waals surface area (Å²) in [6.45, 7) is 2.23. The summed E-state index contributed by atoms with van der Waals surface area (Å²) >= 11 is 0. The van der Waals surface area contributed by atoms with E-state index in [0.717, 1.165) is 12.8 Å². The Kier molecular flexibility index (Phi) is 4.57. The quantitative estimate of drug-likeness (QED) is 0.791. The summed E-state index contributed by atoms with van der Waals surface area (Å²) < 4.78 is 0. The fourth-order valence-corrected chi connectivity index (χ4v) is 2.45. The highest BCUT2D eigenvalue weighted by Crippen LogP contribution is 2.26. The zero-order chi connectivity index (χ0) is 12.1. The zero-order valence-corrected chi connectivity index (χ0v) is 10.6. The van der Waals surface area contributed by atoms with Crippen LogP contribution >= 0.6 is 0 Å². The molecule has 2 heteroatoms. The van der Waals surface area contributed by atoms with E-state index in [4.69, 9.17) is 0 Å². The van der Waals surface area contributed by atoms with Crippen molar-refractivity contribution in [3.8, 4) is 0 Å². The average molecular weight is 233 g/mol. The molecular formula is C15H23NO. The molecule has 0 aromatic heterocycles. The van der Waals surface area contributed by atoms with Gasteiger partial charge in [-0.15, -0.1) is 0 Å². The smallest absolute Gasteiger partial charge is 0.0570 e. The predicted octanol–water partition coefficient (Wildman–Crippen LogP) is 3.03. The molecule has 0 amide bonds. The largest absolute Gasteiger partial charge is 0.393 e. The third-order valence-electron chi connectivity index (χ3n) is 3.60. The molecule has 1 saturated carbocycles. The van der Waals surface area contributed by atoms with Crippen molar-refractivity contribution in [2.24, 2.45) is 0 Å². The van der Waals surface area contributed by atoms with Crippen LogP contribution in [-0.2, 0) is 0 Å². The molecule has 1 aliphatic rings. The number of unbranched alkanes of at least 4 members (excludes halogenated alkanes) is 1. The minimum atomic E-state index is -0.0740. The summed E-state index contributed by atoms with van der Waals surface area (Å²) in [6.07, 6.45) is 5.42. The number of rotatable bonds is 6. The molecule has 1 aromatic rings. The first kappa shape index (κ1) is 12.6. The highest BCUT2D eigenvalue weighted by molar-refractivity contribution is 5.19. The van der Waals surface area contributed by atoms with Crippen molar-refractivity contribution in [3.05, 3.63) is 35.9 Å². The van der Waals surface area contributed by atoms with Crippen LogP contribution in [0.4, 0.5) is 0 Å². The highest BCUT2D eigenvalue weighted by atomic mass is 16.3. The van der Waals surface area contributed by atoms with Gasteiger partial charge in [-0.3, -0.25) is 0 Å². The summed E-state index contributed by atoms with van der Waals surface area (Å²) in [7, 11) is 0. The normalized spacial score (nSPS) is 25.3. The molecule has 0 aliphatic heterocycles. The number of nitrogens with one attached hydrogen (secondary N) is 1. The van der Waals surface area contributed by atoms with Crippen LogP contribution in [0.3, 0.4) is 0 Å². The molecule has 17 heavy (non-hydrogen) atoms. The van der Waals surface area contributed by atoms with Crippen LogP contribution in [0.5, 0.6) is 0 Å². The van der Waals surface area contributed by atoms with Gasteiger partial charge in [0.25, 0.3) is 0 Å². The second kappa shape index (κ2) is 6.18. The first-order valence-corrected chi connectivity index (χ1v) is 6.78. The van der Waals surface area contributed by atoms with Crippen LogP contribution in [0.1, 0.15) is 50.6 Å². The van der Waals surface area contributed by atoms with Gasteiger partial charge in [0.1, 0.15) is 0 Å². The molecule has 1 atom stereocenters. The maximum absolute atomic E-state index is 9.34. The van der Waals surface area contributed by atoms with Gasteiger partial charge in [-0.25, -0.2) is 0 Å². The van der Waals surface area contributed by atoms with Crippen molar-refractivity contribution in [1.29, 1.82) is 0 Å². The Hall–Kier alpha value is -0.860. The molecule has 0 saturated heterocycles. The van der Waals surface area contributed by atoms with Gasteiger partial charge in [0.05, 0.1) is 6.10 Å². The van der Waals surface area contributed by atoms with Crippen molar-refractivity contribution in [3.63, 3.8) is 0 Å². The van der Waals surface area contributed by atoms with Crippen LogP contribution in [0.25, 0.3) is 0 Å². The summed E-state index contributed by atoms with van der Waals surface area (Å²) in [5.41, 5.74) is 1.38. The molecule has 0 bridgehead atoms. The molecule has 2 N–H and O–H groups in total. The van der Waals surface area contributed by atoms with E-state index in [-0.39, 0.29) is 6.10 Å². The second-order valence-electron chi connectivity index (χ2n) is 5.09. The van der Waals surface area contributed by atoms with Crippen molar-refractivity contribution >= 4 is 0 Å². The van der Waals surface area contributed by atoms with Gasteiger partial charge in [-0.05, 0) is 24.8 Å². The minimum Gasteiger partial charge on any atom is -0.393 e. The molecular weight excluding hydrogens is 210 g/mol. The Morgan fingerprint density at radius 1 is 1.29 bits per heavy atom. The summed E-state index contributed by atoms with van der Waals surface area (Å²) in [4.78, 5) is 0. The number of hydrogen-bond acceptors (Lipinski definition) is 2. The Morgan fingerprint density at radius 2 is 2.00 bits per heavy atom. The number of aliphatic hydroxyl groups is 1. The molecule has 1 aliphatic carbocycles. The third kappa shape index (κ3) is 3.55. The van der Waals surface area contributed by atoms with Gasteiger partial charge in [0, 0.05) is 12.1 Å². The average Bonchev–Trinajstić information content (AvgIpc) is 2.33. The van der Waals surface area contributed by atoms with Crippen molar-refractivity contribution in [1.82, 2.24) is 5.32 Å². The van der Waals surface area contributed by atoms with E-state index >= 15 is 0 Å². The van der Waals surface area contributed by atoms with Crippen molar-refractivity contribution < 1.29 is 5.11 Å². The van der Waals surface area contributed by atoms with Crippen molar-refractivity contribution in [2.45, 2.75) is 57.2 Å². The zero-order valence-electron chi connectivity index (χ0n) is 10.6. The maximum atomic E-state index is 9.34. The van der Waals surface area contributed by atoms with E-state index in [1.165, 1.54) is 24.8 Å². The van der Waals surface area contributed by atoms with Crippen molar-refractivity contribution in [2.75, 3.05) is 0 Å². The standard InChI is InChI=1S/C15H23NO/c1-2-3-9-15(12-7-5-4-6-8-12)16-13-10-14(17)11-13/h4-8,13-17H,2-3,9-11H2,1H3. The monoisotopic (exact) mass is 233 g/mol. The van der Waals surface area contributed by atoms with Gasteiger partial charge in [-0.1, -0.05) is 50.1 Å². The van der Waals surface area contributed by atoms with Gasteiger partial charge < -0.3 is 10.4 Å². The third-order valence-corrected chi connectivity index (χ3v) is 3.60. The SMILES string of the molecule is CCCCC(NC1CC(O)C1)c1ccccc1. The molecule has 0 radical (unpaired) electrons. The van der Waals surface area contributed by atoms with Gasteiger partial charge in [0.15, 0.2) is 0 Å². The Balaban J connectivity index is 1.93. The van der Waals surface area contributed by atoms with Gasteiger partial charge >= 0.3 is 0 Å². The fraction of sp³-hybridized carbons (Fsp3) is 0.600. The Bertz CT molecular complexity index is 319. The Morgan fingerprint density at radius 3 is 2.59 bits per heavy atom. The summed E-state index contributed by atoms with van der Waals surface area (Å²) in [5.74, 6) is 0. The maximum Gasteiger partial charge on any atom is 0.0570 e. The van der Waals surface area contributed by atoms with E-state index in [0.29, 0.717) is 12.1 Å². The molecule has 0 spiro atoms. The number of aliphatic hydroxyl groups excluding tert-OH is 1. The van der Waals surface area contributed by atoms with E-state index in [2.05, 4.69) is 42.6 Å². The molecule has 1 fully saturated rings. The molecule has 1 aromatic carbocycles. The molecule has 2 nitrogen and oxygen atoms in total. The number of benzene rings is 1. The Labute approximate surface area is 104 Å². The topological polar surface area (TPSA) is 32.3 Å². The van der Waals surface area contributed by atoms with Crippen LogP contribution in [0, 0.1) is 0 Å². The van der Waals surface area contributed by atoms with E-state index in [9.17, 15) is 5.11 Å². The molecule has 0 heterocycles. The van der Waals surface area contributed by atoms with Crippen LogP contribution in [0.15, 0.2) is 30.3 Å². The summed E-state index contributed by atoms with van der Waals surface area (Å²) in [6, 6.07) is 11.6. The lowest BCUT2D eigenvalue weighted by Gasteiger charge is -2.35. The van der Waals surface area contributed by atoms with Crippen LogP contribution in [0.2, 0.25) is 0 Å². The lowest BCUT2D eigenvalue weighted by molar-refractivity contribution is 0.0570. The van der Waals surface area contributed by atoms with E-state index in [1.54, 1.807) is 0 Å². The first-order valence-electron chi connectivity index (χ1n) is 6.78. The van der Waals surface area contributed by atoms with Crippen LogP contribution < -0.4 is 5.32 Å². The molecule has 2 rings (SSSR count). The molecule has 94 valence electrons. The predicted molar refractivity (Wildman–Crippen MR) is 70.9 cm³/mol. The second-order valence-corrected chi connectivity index (χ2v) is 5.09. The highest BCUT2D eigenvalue weighted by Gasteiger charge is 2.28. The summed E-state index contributed by atoms with van der Waals surface area (Å²) in [5, 5.41) is 13.0. The van der Waals surface area contributed by atoms with Gasteiger partial charge in [0.2, 0.25) is 0 Å². The molecule has 1 unspecified atom stereocenters. The lowest BCUT2D eigenvalue weighted by Crippen LogP contribution is -2.45. The minimum absolute atomic E-state index is 0.0740.